The van der Waals surface area contributed by atoms with Gasteiger partial charge in [0.15, 0.2) is 0 Å². The van der Waals surface area contributed by atoms with Crippen LogP contribution in [-0.4, -0.2) is 43.5 Å². The number of benzene rings is 1. The highest BCUT2D eigenvalue weighted by Gasteiger charge is 2.18. The smallest absolute Gasteiger partial charge is 0.254 e. The standard InChI is InChI=1S/C12H14Cl2INO2/c1-16(6-9(14)7-18-2)12(17)10-5-8(13)3-4-11(10)15/h3-5,9H,6-7H2,1-2H3. The predicted molar refractivity (Wildman–Crippen MR) is 82.6 cm³/mol. The summed E-state index contributed by atoms with van der Waals surface area (Å²) in [5, 5.41) is 0.326. The minimum absolute atomic E-state index is 0.0938. The van der Waals surface area contributed by atoms with Crippen molar-refractivity contribution >= 4 is 51.7 Å². The molecular weight excluding hydrogens is 388 g/mol. The first-order chi connectivity index (χ1) is 8.45. The number of halogens is 3. The molecule has 1 rings (SSSR count). The lowest BCUT2D eigenvalue weighted by Gasteiger charge is -2.20. The van der Waals surface area contributed by atoms with E-state index in [9.17, 15) is 4.79 Å². The second kappa shape index (κ2) is 7.53. The Balaban J connectivity index is 2.77. The van der Waals surface area contributed by atoms with Crippen molar-refractivity contribution in [1.29, 1.82) is 0 Å². The van der Waals surface area contributed by atoms with Gasteiger partial charge in [-0.3, -0.25) is 4.79 Å². The van der Waals surface area contributed by atoms with Crippen LogP contribution in [0.25, 0.3) is 0 Å². The number of ether oxygens (including phenoxy) is 1. The van der Waals surface area contributed by atoms with Crippen LogP contribution in [0.3, 0.4) is 0 Å². The van der Waals surface area contributed by atoms with E-state index in [2.05, 4.69) is 22.6 Å². The molecule has 0 aliphatic rings. The highest BCUT2D eigenvalue weighted by Crippen LogP contribution is 2.19. The molecule has 1 unspecified atom stereocenters. The van der Waals surface area contributed by atoms with Crippen molar-refractivity contribution in [3.63, 3.8) is 0 Å². The molecule has 6 heteroatoms. The molecule has 1 aromatic carbocycles. The first kappa shape index (κ1) is 16.0. The number of alkyl halides is 1. The van der Waals surface area contributed by atoms with Crippen molar-refractivity contribution in [2.24, 2.45) is 0 Å². The van der Waals surface area contributed by atoms with E-state index in [1.165, 1.54) is 0 Å². The van der Waals surface area contributed by atoms with Crippen molar-refractivity contribution in [2.75, 3.05) is 27.3 Å². The maximum Gasteiger partial charge on any atom is 0.254 e. The van der Waals surface area contributed by atoms with Gasteiger partial charge in [-0.1, -0.05) is 11.6 Å². The number of rotatable bonds is 5. The molecule has 0 spiro atoms. The van der Waals surface area contributed by atoms with E-state index in [0.717, 1.165) is 3.57 Å². The molecule has 0 aliphatic carbocycles. The summed E-state index contributed by atoms with van der Waals surface area (Å²) in [6.07, 6.45) is 0. The third-order valence-corrected chi connectivity index (χ3v) is 3.76. The average molecular weight is 402 g/mol. The zero-order chi connectivity index (χ0) is 13.7. The molecule has 1 amide bonds. The highest BCUT2D eigenvalue weighted by atomic mass is 127. The van der Waals surface area contributed by atoms with E-state index < -0.39 is 0 Å². The zero-order valence-corrected chi connectivity index (χ0v) is 13.8. The van der Waals surface area contributed by atoms with Crippen LogP contribution >= 0.6 is 45.8 Å². The van der Waals surface area contributed by atoms with Crippen molar-refractivity contribution in [3.8, 4) is 0 Å². The lowest BCUT2D eigenvalue weighted by molar-refractivity contribution is 0.0780. The summed E-state index contributed by atoms with van der Waals surface area (Å²) < 4.78 is 5.81. The summed E-state index contributed by atoms with van der Waals surface area (Å²) in [5.74, 6) is -0.0938. The Bertz CT molecular complexity index is 429. The Kier molecular flexibility index (Phi) is 6.70. The Morgan fingerprint density at radius 3 is 2.83 bits per heavy atom. The Hall–Kier alpha value is -0.0400. The number of hydrogen-bond donors (Lipinski definition) is 0. The Labute approximate surface area is 131 Å². The topological polar surface area (TPSA) is 29.5 Å². The Morgan fingerprint density at radius 1 is 1.56 bits per heavy atom. The molecular formula is C12H14Cl2INO2. The normalized spacial score (nSPS) is 12.3. The van der Waals surface area contributed by atoms with Gasteiger partial charge in [0.1, 0.15) is 0 Å². The number of nitrogens with zero attached hydrogens (tertiary/aromatic N) is 1. The van der Waals surface area contributed by atoms with E-state index in [-0.39, 0.29) is 11.3 Å². The monoisotopic (exact) mass is 401 g/mol. The molecule has 1 aromatic rings. The van der Waals surface area contributed by atoms with Crippen LogP contribution in [0.2, 0.25) is 5.02 Å². The van der Waals surface area contributed by atoms with Crippen LogP contribution in [0.15, 0.2) is 18.2 Å². The predicted octanol–water partition coefficient (Wildman–Crippen LogP) is 3.27. The van der Waals surface area contributed by atoms with Gasteiger partial charge in [0.25, 0.3) is 5.91 Å². The molecule has 0 saturated heterocycles. The quantitative estimate of drug-likeness (QED) is 0.559. The first-order valence-corrected chi connectivity index (χ1v) is 7.18. The number of amides is 1. The van der Waals surface area contributed by atoms with E-state index in [4.69, 9.17) is 27.9 Å². The van der Waals surface area contributed by atoms with Gasteiger partial charge >= 0.3 is 0 Å². The third kappa shape index (κ3) is 4.57. The molecule has 1 atom stereocenters. The maximum absolute atomic E-state index is 12.2. The number of hydrogen-bond acceptors (Lipinski definition) is 2. The lowest BCUT2D eigenvalue weighted by atomic mass is 10.2. The SMILES string of the molecule is COCC(Cl)CN(C)C(=O)c1cc(Cl)ccc1I. The summed E-state index contributed by atoms with van der Waals surface area (Å²) in [4.78, 5) is 13.8. The summed E-state index contributed by atoms with van der Waals surface area (Å²) in [6.45, 7) is 0.836. The molecule has 100 valence electrons. The van der Waals surface area contributed by atoms with Crippen LogP contribution in [0.5, 0.6) is 0 Å². The van der Waals surface area contributed by atoms with Crippen LogP contribution in [0.1, 0.15) is 10.4 Å². The summed E-state index contributed by atoms with van der Waals surface area (Å²) >= 11 is 14.0. The average Bonchev–Trinajstić information content (AvgIpc) is 2.31. The lowest BCUT2D eigenvalue weighted by Crippen LogP contribution is -2.34. The van der Waals surface area contributed by atoms with Crippen molar-refractivity contribution < 1.29 is 9.53 Å². The van der Waals surface area contributed by atoms with Gasteiger partial charge in [-0.2, -0.15) is 0 Å². The van der Waals surface area contributed by atoms with Gasteiger partial charge in [0, 0.05) is 29.3 Å². The van der Waals surface area contributed by atoms with Crippen LogP contribution in [0.4, 0.5) is 0 Å². The second-order valence-corrected chi connectivity index (χ2v) is 6.08. The van der Waals surface area contributed by atoms with E-state index in [1.54, 1.807) is 31.2 Å². The number of methoxy groups -OCH3 is 1. The molecule has 0 heterocycles. The van der Waals surface area contributed by atoms with Crippen LogP contribution in [-0.2, 0) is 4.74 Å². The van der Waals surface area contributed by atoms with E-state index >= 15 is 0 Å². The molecule has 0 aliphatic heterocycles. The fraction of sp³-hybridized carbons (Fsp3) is 0.417. The van der Waals surface area contributed by atoms with Crippen molar-refractivity contribution in [3.05, 3.63) is 32.4 Å². The first-order valence-electron chi connectivity index (χ1n) is 5.29. The second-order valence-electron chi connectivity index (χ2n) is 3.86. The minimum Gasteiger partial charge on any atom is -0.383 e. The van der Waals surface area contributed by atoms with E-state index in [0.29, 0.717) is 23.7 Å². The highest BCUT2D eigenvalue weighted by molar-refractivity contribution is 14.1. The molecule has 3 nitrogen and oxygen atoms in total. The molecule has 0 fully saturated rings. The van der Waals surface area contributed by atoms with Gasteiger partial charge in [-0.25, -0.2) is 0 Å². The van der Waals surface area contributed by atoms with Gasteiger partial charge < -0.3 is 9.64 Å². The molecule has 18 heavy (non-hydrogen) atoms. The van der Waals surface area contributed by atoms with E-state index in [1.807, 2.05) is 6.07 Å². The molecule has 0 saturated carbocycles. The van der Waals surface area contributed by atoms with Crippen LogP contribution in [0, 0.1) is 3.57 Å². The van der Waals surface area contributed by atoms with Gasteiger partial charge in [-0.05, 0) is 40.8 Å². The minimum atomic E-state index is -0.221. The van der Waals surface area contributed by atoms with Gasteiger partial charge in [0.2, 0.25) is 0 Å². The number of carbonyl (C=O) groups excluding carboxylic acids is 1. The molecule has 0 N–H and O–H groups in total. The number of carbonyl (C=O) groups is 1. The third-order valence-electron chi connectivity index (χ3n) is 2.32. The zero-order valence-electron chi connectivity index (χ0n) is 10.1. The fourth-order valence-corrected chi connectivity index (χ4v) is 2.55. The fourth-order valence-electron chi connectivity index (χ4n) is 1.48. The van der Waals surface area contributed by atoms with Crippen molar-refractivity contribution in [1.82, 2.24) is 4.90 Å². The summed E-state index contributed by atoms with van der Waals surface area (Å²) in [5.41, 5.74) is 0.590. The maximum atomic E-state index is 12.2. The van der Waals surface area contributed by atoms with Crippen LogP contribution < -0.4 is 0 Å². The van der Waals surface area contributed by atoms with Gasteiger partial charge in [-0.15, -0.1) is 11.6 Å². The van der Waals surface area contributed by atoms with Gasteiger partial charge in [0.05, 0.1) is 17.5 Å². The largest absolute Gasteiger partial charge is 0.383 e. The molecule has 0 aromatic heterocycles. The molecule has 0 bridgehead atoms. The van der Waals surface area contributed by atoms with Crippen molar-refractivity contribution in [2.45, 2.75) is 5.38 Å². The summed E-state index contributed by atoms with van der Waals surface area (Å²) in [7, 11) is 3.29. The summed E-state index contributed by atoms with van der Waals surface area (Å²) in [6, 6.07) is 5.24. The Morgan fingerprint density at radius 2 is 2.22 bits per heavy atom. The molecule has 0 radical (unpaired) electrons.